The van der Waals surface area contributed by atoms with E-state index in [4.69, 9.17) is 40.2 Å². The maximum Gasteiger partial charge on any atom is 0.485 e. The summed E-state index contributed by atoms with van der Waals surface area (Å²) in [6, 6.07) is 36.7. The normalized spacial score (nSPS) is 17.7. The monoisotopic (exact) mass is 934 g/mol. The van der Waals surface area contributed by atoms with Gasteiger partial charge in [-0.15, -0.1) is 0 Å². The Labute approximate surface area is 357 Å². The average Bonchev–Trinajstić information content (AvgIpc) is 3.97. The Morgan fingerprint density at radius 2 is 0.967 bits per heavy atom. The van der Waals surface area contributed by atoms with Gasteiger partial charge in [0.05, 0.1) is 6.61 Å². The molecule has 0 radical (unpaired) electrons. The van der Waals surface area contributed by atoms with Gasteiger partial charge >= 0.3 is 11.0 Å². The van der Waals surface area contributed by atoms with Gasteiger partial charge in [-0.05, 0) is 80.5 Å². The summed E-state index contributed by atoms with van der Waals surface area (Å²) in [6.07, 6.45) is 8.80. The molecule has 5 aromatic carbocycles. The van der Waals surface area contributed by atoms with E-state index in [0.29, 0.717) is 28.4 Å². The molecule has 1 atom stereocenters. The van der Waals surface area contributed by atoms with Gasteiger partial charge in [0.25, 0.3) is 0 Å². The second-order valence-corrected chi connectivity index (χ2v) is 21.1. The third-order valence-corrected chi connectivity index (χ3v) is 15.8. The summed E-state index contributed by atoms with van der Waals surface area (Å²) in [5, 5.41) is 5.25. The number of ether oxygens (including phenoxy) is 3. The van der Waals surface area contributed by atoms with Crippen molar-refractivity contribution in [3.05, 3.63) is 109 Å². The second kappa shape index (κ2) is 21.6. The first-order valence-electron chi connectivity index (χ1n) is 19.2. The van der Waals surface area contributed by atoms with E-state index >= 15 is 0 Å². The van der Waals surface area contributed by atoms with Crippen LogP contribution in [0, 0.1) is 0 Å². The first-order valence-corrected chi connectivity index (χ1v) is 25.2. The fourth-order valence-corrected chi connectivity index (χ4v) is 11.6. The lowest BCUT2D eigenvalue weighted by Crippen LogP contribution is -2.25. The third kappa shape index (κ3) is 13.9. The van der Waals surface area contributed by atoms with E-state index in [1.54, 1.807) is 0 Å². The highest BCUT2D eigenvalue weighted by molar-refractivity contribution is 7.97. The molecule has 0 aliphatic carbocycles. The molecule has 3 heterocycles. The van der Waals surface area contributed by atoms with Gasteiger partial charge in [-0.1, -0.05) is 66.7 Å². The van der Waals surface area contributed by atoms with Crippen molar-refractivity contribution in [1.82, 2.24) is 0 Å². The smallest absolute Gasteiger partial charge is 0.485 e. The highest BCUT2D eigenvalue weighted by Crippen LogP contribution is 2.37. The molecule has 0 amide bonds. The van der Waals surface area contributed by atoms with Crippen molar-refractivity contribution in [3.8, 4) is 11.5 Å². The average molecular weight is 935 g/mol. The van der Waals surface area contributed by atoms with Gasteiger partial charge in [-0.3, -0.25) is 0 Å². The van der Waals surface area contributed by atoms with Crippen molar-refractivity contribution in [2.24, 2.45) is 0 Å². The fourth-order valence-electron chi connectivity index (χ4n) is 6.65. The number of benzene rings is 5. The molecule has 0 saturated carbocycles. The van der Waals surface area contributed by atoms with Crippen molar-refractivity contribution < 1.29 is 66.5 Å². The highest BCUT2D eigenvalue weighted by Gasteiger charge is 2.38. The first kappa shape index (κ1) is 48.3. The number of alkyl halides is 6. The Morgan fingerprint density at radius 3 is 1.39 bits per heavy atom. The summed E-state index contributed by atoms with van der Waals surface area (Å²) in [7, 11) is -11.3. The lowest BCUT2D eigenvalue weighted by Gasteiger charge is -2.24. The molecular formula is C42H44F6O9S4. The molecule has 61 heavy (non-hydrogen) atoms. The molecule has 0 N–H and O–H groups in total. The van der Waals surface area contributed by atoms with E-state index in [0.717, 1.165) is 30.9 Å². The van der Waals surface area contributed by atoms with Gasteiger partial charge in [0.2, 0.25) is 0 Å². The van der Waals surface area contributed by atoms with Crippen LogP contribution in [0.3, 0.4) is 0 Å². The SMILES string of the molecule is O=S(=O)([O-])C(F)(F)F.O=S(=O)([O-])C(F)(F)F.c1ccc(COc2ccc([S+]3CCCC3)c3ccccc23)cc1.c1ccc2c([S+]3CCCC3)ccc(OC3CCCCO3)c2c1. The highest BCUT2D eigenvalue weighted by atomic mass is 32.2. The van der Waals surface area contributed by atoms with Crippen LogP contribution >= 0.6 is 0 Å². The molecule has 0 spiro atoms. The molecule has 3 aliphatic rings. The van der Waals surface area contributed by atoms with Crippen LogP contribution in [0.25, 0.3) is 21.5 Å². The molecule has 3 fully saturated rings. The summed E-state index contributed by atoms with van der Waals surface area (Å²) in [5.74, 6) is 7.40. The molecule has 8 rings (SSSR count). The van der Waals surface area contributed by atoms with Crippen LogP contribution in [-0.2, 0) is 53.4 Å². The minimum absolute atomic E-state index is 0.0723. The summed E-state index contributed by atoms with van der Waals surface area (Å²) >= 11 is 0. The van der Waals surface area contributed by atoms with Gasteiger partial charge in [0.15, 0.2) is 36.3 Å². The molecule has 3 saturated heterocycles. The van der Waals surface area contributed by atoms with Crippen LogP contribution in [-0.4, -0.2) is 72.9 Å². The Hall–Kier alpha value is -3.72. The number of hydrogen-bond acceptors (Lipinski definition) is 9. The Bertz CT molecular complexity index is 2360. The van der Waals surface area contributed by atoms with Crippen molar-refractivity contribution in [1.29, 1.82) is 0 Å². The van der Waals surface area contributed by atoms with E-state index < -0.39 is 31.3 Å². The third-order valence-electron chi connectivity index (χ3n) is 9.57. The predicted molar refractivity (Wildman–Crippen MR) is 224 cm³/mol. The minimum atomic E-state index is -6.09. The van der Waals surface area contributed by atoms with E-state index in [1.807, 2.05) is 6.07 Å². The number of hydrogen-bond donors (Lipinski definition) is 0. The lowest BCUT2D eigenvalue weighted by molar-refractivity contribution is -0.105. The summed E-state index contributed by atoms with van der Waals surface area (Å²) in [6.45, 7) is 1.44. The van der Waals surface area contributed by atoms with Crippen LogP contribution in [0.2, 0.25) is 0 Å². The van der Waals surface area contributed by atoms with Gasteiger partial charge < -0.3 is 23.3 Å². The van der Waals surface area contributed by atoms with Crippen LogP contribution in [0.4, 0.5) is 26.3 Å². The molecule has 0 bridgehead atoms. The van der Waals surface area contributed by atoms with Gasteiger partial charge in [0, 0.05) is 49.8 Å². The largest absolute Gasteiger partial charge is 0.741 e. The molecule has 5 aromatic rings. The minimum Gasteiger partial charge on any atom is -0.741 e. The fraction of sp³-hybridized carbons (Fsp3) is 0.381. The molecule has 0 aromatic heterocycles. The number of halogens is 6. The second-order valence-electron chi connectivity index (χ2n) is 13.9. The van der Waals surface area contributed by atoms with Crippen molar-refractivity contribution in [3.63, 3.8) is 0 Å². The molecule has 19 heteroatoms. The predicted octanol–water partition coefficient (Wildman–Crippen LogP) is 9.81. The topological polar surface area (TPSA) is 142 Å². The maximum atomic E-state index is 10.7. The Balaban J connectivity index is 0.000000172. The molecule has 9 nitrogen and oxygen atoms in total. The van der Waals surface area contributed by atoms with Gasteiger partial charge in [0.1, 0.15) is 41.1 Å². The van der Waals surface area contributed by atoms with Gasteiger partial charge in [-0.25, -0.2) is 16.8 Å². The quantitative estimate of drug-likeness (QED) is 0.0675. The lowest BCUT2D eigenvalue weighted by atomic mass is 10.1. The Kier molecular flexibility index (Phi) is 17.1. The molecule has 3 aliphatic heterocycles. The zero-order chi connectivity index (χ0) is 44.3. The van der Waals surface area contributed by atoms with Crippen molar-refractivity contribution in [2.75, 3.05) is 29.6 Å². The van der Waals surface area contributed by atoms with Crippen LogP contribution in [0.5, 0.6) is 11.5 Å². The van der Waals surface area contributed by atoms with Crippen LogP contribution in [0.1, 0.15) is 50.5 Å². The zero-order valence-corrected chi connectivity index (χ0v) is 35.9. The van der Waals surface area contributed by atoms with Crippen LogP contribution in [0.15, 0.2) is 113 Å². The van der Waals surface area contributed by atoms with Crippen LogP contribution < -0.4 is 9.47 Å². The summed E-state index contributed by atoms with van der Waals surface area (Å²) < 4.78 is 136. The zero-order valence-electron chi connectivity index (χ0n) is 32.7. The van der Waals surface area contributed by atoms with E-state index in [1.165, 1.54) is 92.0 Å². The first-order chi connectivity index (χ1) is 28.8. The van der Waals surface area contributed by atoms with Gasteiger partial charge in [-0.2, -0.15) is 26.3 Å². The summed E-state index contributed by atoms with van der Waals surface area (Å²) in [5.41, 5.74) is -10.1. The van der Waals surface area contributed by atoms with E-state index in [-0.39, 0.29) is 6.29 Å². The van der Waals surface area contributed by atoms with E-state index in [9.17, 15) is 26.3 Å². The maximum absolute atomic E-state index is 10.7. The molecule has 332 valence electrons. The number of fused-ring (bicyclic) bond motifs is 2. The Morgan fingerprint density at radius 1 is 0.557 bits per heavy atom. The summed E-state index contributed by atoms with van der Waals surface area (Å²) in [4.78, 5) is 3.06. The molecular weight excluding hydrogens is 891 g/mol. The van der Waals surface area contributed by atoms with Crippen molar-refractivity contribution >= 4 is 63.6 Å². The van der Waals surface area contributed by atoms with E-state index in [2.05, 4.69) is 97.1 Å². The standard InChI is InChI=1S/C21H21OS.C19H23O2S.2CHF3O3S/c1-2-8-17(9-3-1)16-22-20-12-13-21(23-14-6-7-15-23)19-11-5-4-10-18(19)20;1-2-8-16-15(7-1)17(21-19-9-3-4-12-20-19)10-11-18(16)22-13-5-6-14-22;2*2-1(3,4)8(5,6)7/h1-5,8-13H,6-7,14-16H2;1-2,7-8,10-11,19H,3-6,9,12-14H2;2*(H,5,6,7)/q2*+1;;/p-2. The van der Waals surface area contributed by atoms with Crippen molar-refractivity contribution in [2.45, 2.75) is 78.7 Å². The number of rotatable bonds is 7. The molecule has 1 unspecified atom stereocenters.